The Kier molecular flexibility index (Phi) is 5.56. The minimum absolute atomic E-state index is 0.0582. The maximum Gasteiger partial charge on any atom is 0.345 e. The second-order valence-corrected chi connectivity index (χ2v) is 9.97. The summed E-state index contributed by atoms with van der Waals surface area (Å²) in [6, 6.07) is 1.79. The van der Waals surface area contributed by atoms with E-state index in [1.54, 1.807) is 13.0 Å². The fraction of sp³-hybridized carbons (Fsp3) is 0.600. The van der Waals surface area contributed by atoms with Crippen molar-refractivity contribution in [1.82, 2.24) is 0 Å². The van der Waals surface area contributed by atoms with Gasteiger partial charge in [0.1, 0.15) is 41.5 Å². The molecule has 0 unspecified atom stereocenters. The molecule has 8 atom stereocenters. The van der Waals surface area contributed by atoms with E-state index in [9.17, 15) is 19.2 Å². The lowest BCUT2D eigenvalue weighted by atomic mass is 9.81. The number of esters is 4. The van der Waals surface area contributed by atoms with Crippen LogP contribution < -0.4 is 0 Å². The van der Waals surface area contributed by atoms with Gasteiger partial charge in [-0.2, -0.15) is 0 Å². The summed E-state index contributed by atoms with van der Waals surface area (Å²) in [5, 5.41) is 0. The van der Waals surface area contributed by atoms with E-state index in [1.165, 1.54) is 21.0 Å². The van der Waals surface area contributed by atoms with Gasteiger partial charge in [0.15, 0.2) is 6.10 Å². The third-order valence-corrected chi connectivity index (χ3v) is 7.39. The first-order chi connectivity index (χ1) is 16.9. The molecular formula is C25H28O11. The fourth-order valence-corrected chi connectivity index (χ4v) is 5.57. The smallest absolute Gasteiger partial charge is 0.345 e. The molecule has 0 saturated carbocycles. The number of carbonyl (C=O) groups is 4. The number of furan rings is 1. The monoisotopic (exact) mass is 504 g/mol. The highest BCUT2D eigenvalue weighted by Crippen LogP contribution is 2.60. The van der Waals surface area contributed by atoms with Gasteiger partial charge in [-0.05, 0) is 31.9 Å². The molecule has 0 N–H and O–H groups in total. The van der Waals surface area contributed by atoms with Crippen LogP contribution >= 0.6 is 0 Å². The zero-order valence-corrected chi connectivity index (χ0v) is 20.7. The molecule has 1 aromatic heterocycles. The maximum absolute atomic E-state index is 13.1. The highest BCUT2D eigenvalue weighted by atomic mass is 16.7. The number of fused-ring (bicyclic) bond motifs is 4. The molecule has 4 aliphatic heterocycles. The SMILES string of the molecule is C=C(C(=O)OC)[C@H]1C[C@@H](OC(C)=O)[C@@]23O[C@@H]2[C@@H](C[C@]2(C)O[C@H]2c2cc(C)c(o2)[C@@H]1OC(C)=O)OC3=O. The number of hydrogen-bond acceptors (Lipinski definition) is 11. The van der Waals surface area contributed by atoms with Gasteiger partial charge >= 0.3 is 23.9 Å². The van der Waals surface area contributed by atoms with Crippen molar-refractivity contribution in [2.24, 2.45) is 5.92 Å². The van der Waals surface area contributed by atoms with Gasteiger partial charge in [0.2, 0.25) is 5.60 Å². The highest BCUT2D eigenvalue weighted by molar-refractivity contribution is 5.89. The number of ether oxygens (including phenoxy) is 6. The van der Waals surface area contributed by atoms with Crippen LogP contribution in [0.5, 0.6) is 0 Å². The van der Waals surface area contributed by atoms with E-state index in [2.05, 4.69) is 6.58 Å². The van der Waals surface area contributed by atoms with E-state index < -0.39 is 71.5 Å². The van der Waals surface area contributed by atoms with E-state index in [1.807, 2.05) is 6.92 Å². The number of hydrogen-bond donors (Lipinski definition) is 0. The van der Waals surface area contributed by atoms with E-state index in [-0.39, 0.29) is 17.8 Å². The van der Waals surface area contributed by atoms with Crippen molar-refractivity contribution in [2.45, 2.75) is 82.3 Å². The summed E-state index contributed by atoms with van der Waals surface area (Å²) in [5.74, 6) is -2.93. The van der Waals surface area contributed by atoms with Crippen LogP contribution in [0.2, 0.25) is 0 Å². The Morgan fingerprint density at radius 2 is 1.83 bits per heavy atom. The van der Waals surface area contributed by atoms with Crippen LogP contribution in [0.3, 0.4) is 0 Å². The van der Waals surface area contributed by atoms with Crippen LogP contribution in [0.15, 0.2) is 22.6 Å². The molecule has 0 aliphatic carbocycles. The number of methoxy groups -OCH3 is 1. The largest absolute Gasteiger partial charge is 0.466 e. The normalized spacial score (nSPS) is 38.1. The standard InChI is InChI=1S/C25H28O11/c1-10-7-15-20-24(5,35-20)9-16-21-25(36-21,23(29)34-16)17(31-12(3)26)8-14(11(2)22(28)30-6)19(18(10)33-15)32-13(4)27/h7,14,16-17,19-21H,2,8-9H2,1,3-6H3/t14-,16-,17-,19-,20+,21-,24+,25-/m1/s1. The third kappa shape index (κ3) is 3.72. The minimum Gasteiger partial charge on any atom is -0.466 e. The van der Waals surface area contributed by atoms with Gasteiger partial charge in [0.05, 0.1) is 7.11 Å². The summed E-state index contributed by atoms with van der Waals surface area (Å²) in [6.07, 6.45) is -3.87. The molecule has 3 saturated heterocycles. The third-order valence-electron chi connectivity index (χ3n) is 7.39. The predicted octanol–water partition coefficient (Wildman–Crippen LogP) is 2.16. The van der Waals surface area contributed by atoms with Crippen molar-refractivity contribution >= 4 is 23.9 Å². The summed E-state index contributed by atoms with van der Waals surface area (Å²) < 4.78 is 39.8. The van der Waals surface area contributed by atoms with Crippen LogP contribution in [0.25, 0.3) is 0 Å². The summed E-state index contributed by atoms with van der Waals surface area (Å²) in [4.78, 5) is 50.0. The lowest BCUT2D eigenvalue weighted by Crippen LogP contribution is -2.43. The zero-order chi connectivity index (χ0) is 26.2. The van der Waals surface area contributed by atoms with Crippen molar-refractivity contribution in [2.75, 3.05) is 7.11 Å². The first kappa shape index (κ1) is 24.5. The average molecular weight is 504 g/mol. The molecule has 36 heavy (non-hydrogen) atoms. The van der Waals surface area contributed by atoms with Gasteiger partial charge in [-0.1, -0.05) is 6.58 Å². The zero-order valence-electron chi connectivity index (χ0n) is 20.7. The molecule has 194 valence electrons. The summed E-state index contributed by atoms with van der Waals surface area (Å²) >= 11 is 0. The molecule has 0 radical (unpaired) electrons. The molecule has 0 spiro atoms. The number of aryl methyl sites for hydroxylation is 1. The number of rotatable bonds is 4. The molecule has 5 heterocycles. The molecule has 4 bridgehead atoms. The maximum atomic E-state index is 13.1. The Morgan fingerprint density at radius 1 is 1.14 bits per heavy atom. The molecule has 0 amide bonds. The summed E-state index contributed by atoms with van der Waals surface area (Å²) in [6.45, 7) is 9.96. The Morgan fingerprint density at radius 3 is 2.44 bits per heavy atom. The molecular weight excluding hydrogens is 476 g/mol. The Bertz CT molecular complexity index is 1170. The quantitative estimate of drug-likeness (QED) is 0.257. The van der Waals surface area contributed by atoms with E-state index in [0.29, 0.717) is 17.7 Å². The van der Waals surface area contributed by atoms with Gasteiger partial charge < -0.3 is 32.8 Å². The molecule has 0 aromatic carbocycles. The highest BCUT2D eigenvalue weighted by Gasteiger charge is 2.79. The van der Waals surface area contributed by atoms with E-state index in [0.717, 1.165) is 0 Å². The van der Waals surface area contributed by atoms with Crippen molar-refractivity contribution in [3.05, 3.63) is 35.3 Å². The van der Waals surface area contributed by atoms with Gasteiger partial charge in [-0.3, -0.25) is 9.59 Å². The second-order valence-electron chi connectivity index (χ2n) is 9.97. The van der Waals surface area contributed by atoms with Crippen molar-refractivity contribution in [1.29, 1.82) is 0 Å². The molecule has 11 heteroatoms. The lowest BCUT2D eigenvalue weighted by Gasteiger charge is -2.30. The van der Waals surface area contributed by atoms with Gasteiger partial charge in [0, 0.05) is 31.8 Å². The molecule has 11 nitrogen and oxygen atoms in total. The van der Waals surface area contributed by atoms with E-state index in [4.69, 9.17) is 32.8 Å². The summed E-state index contributed by atoms with van der Waals surface area (Å²) in [5.41, 5.74) is -1.64. The van der Waals surface area contributed by atoms with Crippen molar-refractivity contribution < 1.29 is 52.0 Å². The van der Waals surface area contributed by atoms with Crippen LogP contribution in [0, 0.1) is 12.8 Å². The van der Waals surface area contributed by atoms with Gasteiger partial charge in [-0.15, -0.1) is 0 Å². The lowest BCUT2D eigenvalue weighted by molar-refractivity contribution is -0.168. The number of epoxide rings is 2. The predicted molar refractivity (Wildman–Crippen MR) is 117 cm³/mol. The van der Waals surface area contributed by atoms with Crippen molar-refractivity contribution in [3.8, 4) is 0 Å². The minimum atomic E-state index is -1.55. The van der Waals surface area contributed by atoms with Crippen LogP contribution in [0.1, 0.15) is 62.9 Å². The van der Waals surface area contributed by atoms with Crippen LogP contribution in [-0.4, -0.2) is 60.5 Å². The Balaban J connectivity index is 1.66. The van der Waals surface area contributed by atoms with Crippen LogP contribution in [0.4, 0.5) is 0 Å². The van der Waals surface area contributed by atoms with Crippen molar-refractivity contribution in [3.63, 3.8) is 0 Å². The van der Waals surface area contributed by atoms with Crippen LogP contribution in [-0.2, 0) is 47.6 Å². The van der Waals surface area contributed by atoms with Gasteiger partial charge in [0.25, 0.3) is 0 Å². The fourth-order valence-electron chi connectivity index (χ4n) is 5.57. The molecule has 1 aromatic rings. The Hall–Kier alpha value is -3.18. The average Bonchev–Trinajstić information content (AvgIpc) is 3.63. The molecule has 4 aliphatic rings. The number of carbonyl (C=O) groups excluding carboxylic acids is 4. The van der Waals surface area contributed by atoms with E-state index >= 15 is 0 Å². The first-order valence-electron chi connectivity index (χ1n) is 11.7. The second kappa shape index (κ2) is 8.17. The first-order valence-corrected chi connectivity index (χ1v) is 11.7. The topological polar surface area (TPSA) is 143 Å². The Labute approximate surface area is 207 Å². The summed E-state index contributed by atoms with van der Waals surface area (Å²) in [7, 11) is 1.19. The molecule has 5 rings (SSSR count). The van der Waals surface area contributed by atoms with Gasteiger partial charge in [-0.25, -0.2) is 9.59 Å². The molecule has 3 fully saturated rings.